The molecular weight excluding hydrogens is 320 g/mol. The van der Waals surface area contributed by atoms with E-state index in [0.717, 1.165) is 15.9 Å². The quantitative estimate of drug-likeness (QED) is 0.820. The third-order valence-corrected chi connectivity index (χ3v) is 5.40. The van der Waals surface area contributed by atoms with E-state index in [9.17, 15) is 18.0 Å². The van der Waals surface area contributed by atoms with Crippen LogP contribution in [-0.4, -0.2) is 55.4 Å². The molecule has 2 amide bonds. The van der Waals surface area contributed by atoms with Crippen molar-refractivity contribution in [3.8, 4) is 0 Å². The Morgan fingerprint density at radius 3 is 2.57 bits per heavy atom. The third kappa shape index (κ3) is 3.27. The summed E-state index contributed by atoms with van der Waals surface area (Å²) in [6, 6.07) is 8.64. The van der Waals surface area contributed by atoms with Crippen LogP contribution in [0.15, 0.2) is 35.7 Å². The van der Waals surface area contributed by atoms with Gasteiger partial charge in [0.2, 0.25) is 10.0 Å². The molecule has 0 saturated carbocycles. The highest BCUT2D eigenvalue weighted by molar-refractivity contribution is 7.92. The molecule has 1 aromatic rings. The smallest absolute Gasteiger partial charge is 0.417 e. The minimum atomic E-state index is -3.59. The predicted molar refractivity (Wildman–Crippen MR) is 82.6 cm³/mol. The lowest BCUT2D eigenvalue weighted by Gasteiger charge is -2.19. The predicted octanol–water partition coefficient (Wildman–Crippen LogP) is 1.04. The number of rotatable bonds is 4. The molecule has 0 aliphatic carbocycles. The van der Waals surface area contributed by atoms with Crippen molar-refractivity contribution in [2.24, 2.45) is 0 Å². The number of carbonyl (C=O) groups is 2. The van der Waals surface area contributed by atoms with Crippen molar-refractivity contribution in [3.05, 3.63) is 41.3 Å². The molecule has 2 heterocycles. The minimum absolute atomic E-state index is 0.0995. The Morgan fingerprint density at radius 2 is 1.91 bits per heavy atom. The number of hydrogen-bond donors (Lipinski definition) is 0. The molecule has 23 heavy (non-hydrogen) atoms. The Morgan fingerprint density at radius 1 is 1.17 bits per heavy atom. The van der Waals surface area contributed by atoms with Gasteiger partial charge in [0.15, 0.2) is 6.61 Å². The number of cyclic esters (lactones) is 1. The minimum Gasteiger partial charge on any atom is -0.439 e. The summed E-state index contributed by atoms with van der Waals surface area (Å²) in [6.45, 7) is 0.0987. The number of sulfonamides is 1. The Kier molecular flexibility index (Phi) is 4.18. The lowest BCUT2D eigenvalue weighted by atomic mass is 10.2. The van der Waals surface area contributed by atoms with Crippen LogP contribution in [0.4, 0.5) is 4.79 Å². The highest BCUT2D eigenvalue weighted by Gasteiger charge is 2.42. The first-order chi connectivity index (χ1) is 11.0. The van der Waals surface area contributed by atoms with Crippen LogP contribution in [0.2, 0.25) is 0 Å². The van der Waals surface area contributed by atoms with Gasteiger partial charge in [-0.2, -0.15) is 4.31 Å². The monoisotopic (exact) mass is 336 g/mol. The highest BCUT2D eigenvalue weighted by atomic mass is 32.2. The average molecular weight is 336 g/mol. The Balaban J connectivity index is 1.69. The fraction of sp³-hybridized carbons (Fsp3) is 0.333. The maximum atomic E-state index is 12.3. The molecule has 1 atom stereocenters. The van der Waals surface area contributed by atoms with Gasteiger partial charge in [0.1, 0.15) is 0 Å². The van der Waals surface area contributed by atoms with Gasteiger partial charge in [0, 0.05) is 18.5 Å². The van der Waals surface area contributed by atoms with E-state index in [1.165, 1.54) is 10.4 Å². The number of carbonyl (C=O) groups excluding carboxylic acids is 2. The first-order valence-electron chi connectivity index (χ1n) is 7.19. The second-order valence-electron chi connectivity index (χ2n) is 5.38. The molecule has 2 aliphatic heterocycles. The van der Waals surface area contributed by atoms with Gasteiger partial charge in [-0.3, -0.25) is 4.79 Å². The van der Waals surface area contributed by atoms with Crippen LogP contribution < -0.4 is 0 Å². The lowest BCUT2D eigenvalue weighted by molar-refractivity contribution is -0.127. The van der Waals surface area contributed by atoms with Crippen LogP contribution in [-0.2, 0) is 19.6 Å². The molecule has 2 fully saturated rings. The average Bonchev–Trinajstić information content (AvgIpc) is 3.14. The normalized spacial score (nSPS) is 23.0. The van der Waals surface area contributed by atoms with Crippen molar-refractivity contribution >= 4 is 28.1 Å². The van der Waals surface area contributed by atoms with E-state index in [0.29, 0.717) is 6.42 Å². The van der Waals surface area contributed by atoms with E-state index in [1.807, 2.05) is 18.2 Å². The topological polar surface area (TPSA) is 84.0 Å². The zero-order valence-corrected chi connectivity index (χ0v) is 13.1. The summed E-state index contributed by atoms with van der Waals surface area (Å²) < 4.78 is 30.6. The second kappa shape index (κ2) is 6.13. The van der Waals surface area contributed by atoms with Gasteiger partial charge in [0.05, 0.1) is 6.04 Å². The number of nitrogens with zero attached hydrogens (tertiary/aromatic N) is 2. The Bertz CT molecular complexity index is 728. The molecule has 0 spiro atoms. The summed E-state index contributed by atoms with van der Waals surface area (Å²) in [5.74, 6) is -0.418. The summed E-state index contributed by atoms with van der Waals surface area (Å²) in [5.41, 5.74) is 0.783. The number of ether oxygens (including phenoxy) is 1. The lowest BCUT2D eigenvalue weighted by Crippen LogP contribution is -2.41. The van der Waals surface area contributed by atoms with Crippen LogP contribution in [0, 0.1) is 0 Å². The number of imide groups is 1. The van der Waals surface area contributed by atoms with Gasteiger partial charge in [-0.25, -0.2) is 18.1 Å². The molecule has 0 bridgehead atoms. The van der Waals surface area contributed by atoms with E-state index in [-0.39, 0.29) is 19.7 Å². The Hall–Kier alpha value is -2.19. The van der Waals surface area contributed by atoms with Gasteiger partial charge in [-0.1, -0.05) is 30.3 Å². The SMILES string of the molecule is O=C1COC(=O)N1C1CCN(S(=O)(=O)/C=C/c2ccccc2)C1. The van der Waals surface area contributed by atoms with Crippen LogP contribution in [0.1, 0.15) is 12.0 Å². The van der Waals surface area contributed by atoms with Gasteiger partial charge in [-0.15, -0.1) is 0 Å². The van der Waals surface area contributed by atoms with Gasteiger partial charge >= 0.3 is 6.09 Å². The zero-order valence-electron chi connectivity index (χ0n) is 12.3. The maximum Gasteiger partial charge on any atom is 0.417 e. The fourth-order valence-electron chi connectivity index (χ4n) is 2.68. The summed E-state index contributed by atoms with van der Waals surface area (Å²) in [7, 11) is -3.59. The largest absolute Gasteiger partial charge is 0.439 e. The van der Waals surface area contributed by atoms with E-state index in [4.69, 9.17) is 0 Å². The van der Waals surface area contributed by atoms with Crippen LogP contribution in [0.3, 0.4) is 0 Å². The van der Waals surface area contributed by atoms with E-state index >= 15 is 0 Å². The van der Waals surface area contributed by atoms with Crippen molar-refractivity contribution in [1.82, 2.24) is 9.21 Å². The van der Waals surface area contributed by atoms with Crippen LogP contribution in [0.5, 0.6) is 0 Å². The van der Waals surface area contributed by atoms with Gasteiger partial charge in [-0.05, 0) is 18.1 Å². The van der Waals surface area contributed by atoms with E-state index in [2.05, 4.69) is 4.74 Å². The van der Waals surface area contributed by atoms with Gasteiger partial charge in [0.25, 0.3) is 5.91 Å². The molecule has 8 heteroatoms. The fourth-order valence-corrected chi connectivity index (χ4v) is 3.93. The van der Waals surface area contributed by atoms with E-state index in [1.54, 1.807) is 12.1 Å². The molecule has 0 aromatic heterocycles. The highest BCUT2D eigenvalue weighted by Crippen LogP contribution is 2.23. The molecule has 1 aromatic carbocycles. The summed E-state index contributed by atoms with van der Waals surface area (Å²) >= 11 is 0. The molecule has 7 nitrogen and oxygen atoms in total. The molecule has 1 unspecified atom stereocenters. The molecular formula is C15H16N2O5S. The molecule has 2 saturated heterocycles. The van der Waals surface area contributed by atoms with E-state index < -0.39 is 28.1 Å². The van der Waals surface area contributed by atoms with Crippen LogP contribution in [0.25, 0.3) is 6.08 Å². The third-order valence-electron chi connectivity index (χ3n) is 3.87. The first kappa shape index (κ1) is 15.7. The molecule has 0 radical (unpaired) electrons. The molecule has 3 rings (SSSR count). The maximum absolute atomic E-state index is 12.3. The van der Waals surface area contributed by atoms with Crippen LogP contribution >= 0.6 is 0 Å². The van der Waals surface area contributed by atoms with Crippen molar-refractivity contribution in [2.75, 3.05) is 19.7 Å². The molecule has 0 N–H and O–H groups in total. The van der Waals surface area contributed by atoms with Gasteiger partial charge < -0.3 is 4.74 Å². The standard InChI is InChI=1S/C15H16N2O5S/c18-14-11-22-15(19)17(14)13-6-8-16(10-13)23(20,21)9-7-12-4-2-1-3-5-12/h1-5,7,9,13H,6,8,10-11H2/b9-7+. The number of hydrogen-bond acceptors (Lipinski definition) is 5. The Labute approximate surface area is 134 Å². The second-order valence-corrected chi connectivity index (χ2v) is 7.20. The first-order valence-corrected chi connectivity index (χ1v) is 8.70. The van der Waals surface area contributed by atoms with Crippen molar-refractivity contribution in [1.29, 1.82) is 0 Å². The molecule has 122 valence electrons. The van der Waals surface area contributed by atoms with Crippen molar-refractivity contribution < 1.29 is 22.7 Å². The summed E-state index contributed by atoms with van der Waals surface area (Å²) in [5, 5.41) is 1.15. The number of benzene rings is 1. The number of amides is 2. The summed E-state index contributed by atoms with van der Waals surface area (Å²) in [4.78, 5) is 24.2. The summed E-state index contributed by atoms with van der Waals surface area (Å²) in [6.07, 6.45) is 1.25. The van der Waals surface area contributed by atoms with Crippen molar-refractivity contribution in [2.45, 2.75) is 12.5 Å². The van der Waals surface area contributed by atoms with Crippen molar-refractivity contribution in [3.63, 3.8) is 0 Å². The zero-order chi connectivity index (χ0) is 16.4. The molecule has 2 aliphatic rings.